The van der Waals surface area contributed by atoms with E-state index in [4.69, 9.17) is 17.3 Å². The van der Waals surface area contributed by atoms with Gasteiger partial charge in [0.15, 0.2) is 0 Å². The van der Waals surface area contributed by atoms with E-state index < -0.39 is 0 Å². The minimum atomic E-state index is -0.326. The molecule has 0 fully saturated rings. The van der Waals surface area contributed by atoms with Crippen molar-refractivity contribution >= 4 is 17.5 Å². The average molecular weight is 256 g/mol. The first-order valence-electron chi connectivity index (χ1n) is 5.58. The Bertz CT molecular complexity index is 382. The predicted octanol–water partition coefficient (Wildman–Crippen LogP) is 1.68. The molecule has 94 valence electrons. The van der Waals surface area contributed by atoms with Crippen molar-refractivity contribution in [2.45, 2.75) is 20.4 Å². The van der Waals surface area contributed by atoms with E-state index in [1.807, 2.05) is 4.90 Å². The van der Waals surface area contributed by atoms with Crippen LogP contribution in [0.15, 0.2) is 18.3 Å². The highest BCUT2D eigenvalue weighted by Crippen LogP contribution is 2.11. The SMILES string of the molecule is CC(C)CN(CC(N)=O)Cc1cc(Cl)ccn1. The number of primary amides is 1. The summed E-state index contributed by atoms with van der Waals surface area (Å²) in [7, 11) is 0. The number of pyridine rings is 1. The van der Waals surface area contributed by atoms with Crippen LogP contribution in [0, 0.1) is 5.92 Å². The number of nitrogens with zero attached hydrogens (tertiary/aromatic N) is 2. The topological polar surface area (TPSA) is 59.2 Å². The number of aromatic nitrogens is 1. The van der Waals surface area contributed by atoms with Gasteiger partial charge in [-0.15, -0.1) is 0 Å². The van der Waals surface area contributed by atoms with E-state index in [-0.39, 0.29) is 12.5 Å². The van der Waals surface area contributed by atoms with Gasteiger partial charge in [-0.25, -0.2) is 0 Å². The number of hydrogen-bond acceptors (Lipinski definition) is 3. The highest BCUT2D eigenvalue weighted by molar-refractivity contribution is 6.30. The Morgan fingerprint density at radius 1 is 1.59 bits per heavy atom. The lowest BCUT2D eigenvalue weighted by atomic mass is 10.2. The quantitative estimate of drug-likeness (QED) is 0.841. The van der Waals surface area contributed by atoms with Gasteiger partial charge in [0.2, 0.25) is 5.91 Å². The molecule has 1 rings (SSSR count). The van der Waals surface area contributed by atoms with Crippen molar-refractivity contribution < 1.29 is 4.79 Å². The second-order valence-corrected chi connectivity index (χ2v) is 4.93. The zero-order valence-electron chi connectivity index (χ0n) is 10.2. The van der Waals surface area contributed by atoms with Crippen molar-refractivity contribution in [1.29, 1.82) is 0 Å². The van der Waals surface area contributed by atoms with Crippen LogP contribution < -0.4 is 5.73 Å². The van der Waals surface area contributed by atoms with Crippen molar-refractivity contribution in [2.24, 2.45) is 11.7 Å². The molecule has 1 heterocycles. The molecule has 0 atom stereocenters. The number of nitrogens with two attached hydrogens (primary N) is 1. The molecule has 0 bridgehead atoms. The summed E-state index contributed by atoms with van der Waals surface area (Å²) in [5, 5.41) is 0.651. The number of carbonyl (C=O) groups excluding carboxylic acids is 1. The summed E-state index contributed by atoms with van der Waals surface area (Å²) in [4.78, 5) is 17.2. The minimum Gasteiger partial charge on any atom is -0.369 e. The summed E-state index contributed by atoms with van der Waals surface area (Å²) < 4.78 is 0. The molecule has 0 unspecified atom stereocenters. The summed E-state index contributed by atoms with van der Waals surface area (Å²) in [6.07, 6.45) is 1.66. The zero-order valence-corrected chi connectivity index (χ0v) is 10.9. The number of carbonyl (C=O) groups is 1. The number of amides is 1. The fourth-order valence-electron chi connectivity index (χ4n) is 1.69. The summed E-state index contributed by atoms with van der Waals surface area (Å²) >= 11 is 5.89. The maximum absolute atomic E-state index is 11.0. The van der Waals surface area contributed by atoms with Gasteiger partial charge < -0.3 is 5.73 Å². The number of rotatable bonds is 6. The van der Waals surface area contributed by atoms with E-state index in [0.29, 0.717) is 17.5 Å². The fraction of sp³-hybridized carbons (Fsp3) is 0.500. The van der Waals surface area contributed by atoms with E-state index in [9.17, 15) is 4.79 Å². The molecule has 17 heavy (non-hydrogen) atoms. The highest BCUT2D eigenvalue weighted by Gasteiger charge is 2.11. The maximum atomic E-state index is 11.0. The van der Waals surface area contributed by atoms with E-state index in [2.05, 4.69) is 18.8 Å². The molecule has 0 aromatic carbocycles. The van der Waals surface area contributed by atoms with Crippen LogP contribution in [0.2, 0.25) is 5.02 Å². The largest absolute Gasteiger partial charge is 0.369 e. The van der Waals surface area contributed by atoms with Crippen LogP contribution in [0.5, 0.6) is 0 Å². The standard InChI is InChI=1S/C12H18ClN3O/c1-9(2)6-16(8-12(14)17)7-11-5-10(13)3-4-15-11/h3-5,9H,6-8H2,1-2H3,(H2,14,17). The Morgan fingerprint density at radius 3 is 2.82 bits per heavy atom. The van der Waals surface area contributed by atoms with E-state index >= 15 is 0 Å². The van der Waals surface area contributed by atoms with Crippen LogP contribution >= 0.6 is 11.6 Å². The molecular weight excluding hydrogens is 238 g/mol. The van der Waals surface area contributed by atoms with Gasteiger partial charge in [0.25, 0.3) is 0 Å². The van der Waals surface area contributed by atoms with Gasteiger partial charge in [-0.2, -0.15) is 0 Å². The summed E-state index contributed by atoms with van der Waals surface area (Å²) in [6, 6.07) is 3.53. The second kappa shape index (κ2) is 6.57. The third-order valence-corrected chi connectivity index (χ3v) is 2.40. The smallest absolute Gasteiger partial charge is 0.231 e. The molecule has 0 radical (unpaired) electrons. The Balaban J connectivity index is 2.67. The molecular formula is C12H18ClN3O. The second-order valence-electron chi connectivity index (χ2n) is 4.50. The van der Waals surface area contributed by atoms with Gasteiger partial charge in [-0.05, 0) is 18.1 Å². The first-order chi connectivity index (χ1) is 7.97. The third-order valence-electron chi connectivity index (χ3n) is 2.17. The molecule has 0 spiro atoms. The first-order valence-corrected chi connectivity index (χ1v) is 5.96. The molecule has 4 nitrogen and oxygen atoms in total. The lowest BCUT2D eigenvalue weighted by Crippen LogP contribution is -2.35. The highest BCUT2D eigenvalue weighted by atomic mass is 35.5. The van der Waals surface area contributed by atoms with Gasteiger partial charge in [-0.1, -0.05) is 25.4 Å². The van der Waals surface area contributed by atoms with Crippen LogP contribution in [-0.2, 0) is 11.3 Å². The summed E-state index contributed by atoms with van der Waals surface area (Å²) in [6.45, 7) is 5.82. The number of hydrogen-bond donors (Lipinski definition) is 1. The molecule has 1 aromatic heterocycles. The Morgan fingerprint density at radius 2 is 2.29 bits per heavy atom. The van der Waals surface area contributed by atoms with Crippen molar-refractivity contribution in [3.05, 3.63) is 29.0 Å². The number of halogens is 1. The third kappa shape index (κ3) is 5.65. The lowest BCUT2D eigenvalue weighted by Gasteiger charge is -2.22. The molecule has 1 aromatic rings. The van der Waals surface area contributed by atoms with Crippen molar-refractivity contribution in [1.82, 2.24) is 9.88 Å². The predicted molar refractivity (Wildman–Crippen MR) is 68.6 cm³/mol. The van der Waals surface area contributed by atoms with Crippen LogP contribution in [0.25, 0.3) is 0 Å². The minimum absolute atomic E-state index is 0.242. The van der Waals surface area contributed by atoms with E-state index in [1.54, 1.807) is 18.3 Å². The lowest BCUT2D eigenvalue weighted by molar-refractivity contribution is -0.119. The maximum Gasteiger partial charge on any atom is 0.231 e. The Labute approximate surface area is 107 Å². The molecule has 0 saturated carbocycles. The van der Waals surface area contributed by atoms with Gasteiger partial charge in [-0.3, -0.25) is 14.7 Å². The van der Waals surface area contributed by atoms with Gasteiger partial charge in [0.05, 0.1) is 12.2 Å². The van der Waals surface area contributed by atoms with Crippen molar-refractivity contribution in [2.75, 3.05) is 13.1 Å². The van der Waals surface area contributed by atoms with E-state index in [0.717, 1.165) is 12.2 Å². The van der Waals surface area contributed by atoms with Crippen molar-refractivity contribution in [3.8, 4) is 0 Å². The molecule has 1 amide bonds. The summed E-state index contributed by atoms with van der Waals surface area (Å²) in [5.41, 5.74) is 6.07. The van der Waals surface area contributed by atoms with Crippen LogP contribution in [-0.4, -0.2) is 28.9 Å². The molecule has 0 saturated heterocycles. The van der Waals surface area contributed by atoms with Crippen LogP contribution in [0.1, 0.15) is 19.5 Å². The molecule has 0 aliphatic heterocycles. The van der Waals surface area contributed by atoms with E-state index in [1.165, 1.54) is 0 Å². The average Bonchev–Trinajstić information content (AvgIpc) is 2.14. The fourth-order valence-corrected chi connectivity index (χ4v) is 1.87. The Kier molecular flexibility index (Phi) is 5.38. The van der Waals surface area contributed by atoms with Gasteiger partial charge in [0, 0.05) is 24.3 Å². The van der Waals surface area contributed by atoms with Crippen molar-refractivity contribution in [3.63, 3.8) is 0 Å². The van der Waals surface area contributed by atoms with Gasteiger partial charge >= 0.3 is 0 Å². The monoisotopic (exact) mass is 255 g/mol. The van der Waals surface area contributed by atoms with Gasteiger partial charge in [0.1, 0.15) is 0 Å². The first kappa shape index (κ1) is 13.9. The summed E-state index contributed by atoms with van der Waals surface area (Å²) in [5.74, 6) is 0.140. The molecule has 2 N–H and O–H groups in total. The Hall–Kier alpha value is -1.13. The molecule has 0 aliphatic rings. The van der Waals surface area contributed by atoms with Crippen LogP contribution in [0.3, 0.4) is 0 Å². The molecule has 0 aliphatic carbocycles. The molecule has 5 heteroatoms. The zero-order chi connectivity index (χ0) is 12.8. The normalized spacial score (nSPS) is 11.1. The van der Waals surface area contributed by atoms with Crippen LogP contribution in [0.4, 0.5) is 0 Å².